The summed E-state index contributed by atoms with van der Waals surface area (Å²) < 4.78 is 11.0. The lowest BCUT2D eigenvalue weighted by Gasteiger charge is -2.32. The maximum absolute atomic E-state index is 12.6. The van der Waals surface area contributed by atoms with E-state index in [0.717, 1.165) is 22.5 Å². The number of aryl methyl sites for hydroxylation is 1. The minimum atomic E-state index is -0.371. The Bertz CT molecular complexity index is 1110. The van der Waals surface area contributed by atoms with E-state index in [4.69, 9.17) is 14.6 Å². The van der Waals surface area contributed by atoms with Gasteiger partial charge in [-0.3, -0.25) is 9.69 Å². The van der Waals surface area contributed by atoms with Gasteiger partial charge in [0.05, 0.1) is 19.9 Å². The molecule has 0 radical (unpaired) electrons. The van der Waals surface area contributed by atoms with Crippen LogP contribution >= 0.6 is 0 Å². The Morgan fingerprint density at radius 2 is 1.55 bits per heavy atom. The van der Waals surface area contributed by atoms with Crippen molar-refractivity contribution in [2.24, 2.45) is 5.10 Å². The van der Waals surface area contributed by atoms with E-state index in [-0.39, 0.29) is 11.9 Å². The van der Waals surface area contributed by atoms with Crippen molar-refractivity contribution in [1.82, 2.24) is 0 Å². The van der Waals surface area contributed by atoms with E-state index < -0.39 is 0 Å². The minimum absolute atomic E-state index is 0.107. The van der Waals surface area contributed by atoms with Gasteiger partial charge in [-0.1, -0.05) is 42.0 Å². The van der Waals surface area contributed by atoms with Gasteiger partial charge in [0.2, 0.25) is 0 Å². The van der Waals surface area contributed by atoms with Crippen LogP contribution in [-0.2, 0) is 4.79 Å². The zero-order valence-electron chi connectivity index (χ0n) is 18.1. The molecular weight excluding hydrogens is 390 g/mol. The standard InChI is InChI=1S/C25H25N3O3/c1-17-10-13-20(14-11-17)27-24(18(2)29)26-28(21-8-6-5-7-9-21)25(27)19-12-15-22(30-3)23(16-19)31-4/h5-16,25H,1-4H3/t25-/m1/s1. The summed E-state index contributed by atoms with van der Waals surface area (Å²) in [6, 6.07) is 23.7. The lowest BCUT2D eigenvalue weighted by molar-refractivity contribution is -0.111. The van der Waals surface area contributed by atoms with Crippen LogP contribution in [0.15, 0.2) is 77.9 Å². The second kappa shape index (κ2) is 8.52. The van der Waals surface area contributed by atoms with Gasteiger partial charge >= 0.3 is 0 Å². The molecule has 158 valence electrons. The maximum atomic E-state index is 12.6. The smallest absolute Gasteiger partial charge is 0.198 e. The Morgan fingerprint density at radius 1 is 0.871 bits per heavy atom. The van der Waals surface area contributed by atoms with Crippen LogP contribution < -0.4 is 19.4 Å². The van der Waals surface area contributed by atoms with Gasteiger partial charge in [-0.25, -0.2) is 5.01 Å². The number of para-hydroxylation sites is 1. The Morgan fingerprint density at radius 3 is 2.16 bits per heavy atom. The van der Waals surface area contributed by atoms with Crippen LogP contribution in [-0.4, -0.2) is 25.8 Å². The van der Waals surface area contributed by atoms with Gasteiger partial charge in [-0.15, -0.1) is 5.10 Å². The van der Waals surface area contributed by atoms with Crippen LogP contribution in [0.2, 0.25) is 0 Å². The van der Waals surface area contributed by atoms with E-state index in [1.807, 2.05) is 89.6 Å². The lowest BCUT2D eigenvalue weighted by Crippen LogP contribution is -2.37. The number of benzene rings is 3. The fourth-order valence-electron chi connectivity index (χ4n) is 3.72. The highest BCUT2D eigenvalue weighted by Gasteiger charge is 2.39. The zero-order valence-corrected chi connectivity index (χ0v) is 18.1. The first-order valence-corrected chi connectivity index (χ1v) is 10.0. The normalized spacial score (nSPS) is 15.6. The molecule has 0 unspecified atom stereocenters. The van der Waals surface area contributed by atoms with Crippen LogP contribution in [0.3, 0.4) is 0 Å². The van der Waals surface area contributed by atoms with Gasteiger partial charge in [0.25, 0.3) is 0 Å². The highest BCUT2D eigenvalue weighted by Crippen LogP contribution is 2.41. The molecular formula is C25H25N3O3. The first-order valence-electron chi connectivity index (χ1n) is 10.0. The summed E-state index contributed by atoms with van der Waals surface area (Å²) in [6.45, 7) is 3.58. The zero-order chi connectivity index (χ0) is 22.0. The molecule has 0 fully saturated rings. The molecule has 0 spiro atoms. The first-order chi connectivity index (χ1) is 15.0. The minimum Gasteiger partial charge on any atom is -0.493 e. The highest BCUT2D eigenvalue weighted by molar-refractivity contribution is 6.44. The molecule has 1 aliphatic heterocycles. The van der Waals surface area contributed by atoms with Crippen molar-refractivity contribution < 1.29 is 14.3 Å². The Hall–Kier alpha value is -3.80. The van der Waals surface area contributed by atoms with Crippen LogP contribution in [0.4, 0.5) is 11.4 Å². The number of carbonyl (C=O) groups excluding carboxylic acids is 1. The molecule has 6 nitrogen and oxygen atoms in total. The van der Waals surface area contributed by atoms with Crippen molar-refractivity contribution in [1.29, 1.82) is 0 Å². The summed E-state index contributed by atoms with van der Waals surface area (Å²) in [4.78, 5) is 14.6. The number of hydrogen-bond donors (Lipinski definition) is 0. The molecule has 0 saturated heterocycles. The predicted molar refractivity (Wildman–Crippen MR) is 123 cm³/mol. The Labute approximate surface area is 182 Å². The van der Waals surface area contributed by atoms with Crippen molar-refractivity contribution in [3.05, 3.63) is 83.9 Å². The van der Waals surface area contributed by atoms with Crippen molar-refractivity contribution in [2.75, 3.05) is 24.1 Å². The molecule has 31 heavy (non-hydrogen) atoms. The van der Waals surface area contributed by atoms with E-state index in [2.05, 4.69) is 0 Å². The van der Waals surface area contributed by atoms with Crippen molar-refractivity contribution >= 4 is 23.0 Å². The number of ketones is 1. The van der Waals surface area contributed by atoms with Gasteiger partial charge < -0.3 is 9.47 Å². The third-order valence-corrected chi connectivity index (χ3v) is 5.26. The quantitative estimate of drug-likeness (QED) is 0.571. The summed E-state index contributed by atoms with van der Waals surface area (Å²) in [7, 11) is 3.22. The summed E-state index contributed by atoms with van der Waals surface area (Å²) in [5.41, 5.74) is 3.84. The van der Waals surface area contributed by atoms with Gasteiger partial charge in [0.1, 0.15) is 0 Å². The topological polar surface area (TPSA) is 54.4 Å². The number of anilines is 2. The number of methoxy groups -OCH3 is 2. The molecule has 3 aromatic carbocycles. The average molecular weight is 415 g/mol. The second-order valence-corrected chi connectivity index (χ2v) is 7.35. The number of hydrogen-bond acceptors (Lipinski definition) is 6. The molecule has 0 aromatic heterocycles. The summed E-state index contributed by atoms with van der Waals surface area (Å²) in [5.74, 6) is 1.54. The number of rotatable bonds is 6. The van der Waals surface area contributed by atoms with E-state index in [9.17, 15) is 4.79 Å². The summed E-state index contributed by atoms with van der Waals surface area (Å²) >= 11 is 0. The van der Waals surface area contributed by atoms with E-state index in [0.29, 0.717) is 17.3 Å². The van der Waals surface area contributed by atoms with Crippen LogP contribution in [0.1, 0.15) is 24.2 Å². The van der Waals surface area contributed by atoms with Crippen LogP contribution in [0, 0.1) is 6.92 Å². The van der Waals surface area contributed by atoms with Gasteiger partial charge in [0.15, 0.2) is 29.3 Å². The van der Waals surface area contributed by atoms with Crippen molar-refractivity contribution in [2.45, 2.75) is 20.0 Å². The SMILES string of the molecule is COc1ccc([C@H]2N(c3ccccc3)N=C(C(C)=O)N2c2ccc(C)cc2)cc1OC. The number of ether oxygens (including phenoxy) is 2. The fourth-order valence-corrected chi connectivity index (χ4v) is 3.72. The molecule has 0 N–H and O–H groups in total. The van der Waals surface area contributed by atoms with Gasteiger partial charge in [-0.2, -0.15) is 0 Å². The molecule has 3 aromatic rings. The second-order valence-electron chi connectivity index (χ2n) is 7.35. The Kier molecular flexibility index (Phi) is 5.62. The predicted octanol–water partition coefficient (Wildman–Crippen LogP) is 4.94. The summed E-state index contributed by atoms with van der Waals surface area (Å²) in [6.07, 6.45) is -0.371. The van der Waals surface area contributed by atoms with E-state index in [1.165, 1.54) is 0 Å². The number of carbonyl (C=O) groups is 1. The molecule has 0 amide bonds. The van der Waals surface area contributed by atoms with Crippen molar-refractivity contribution in [3.63, 3.8) is 0 Å². The number of Topliss-reactive ketones (excluding diaryl/α,β-unsaturated/α-hetero) is 1. The fraction of sp³-hybridized carbons (Fsp3) is 0.200. The maximum Gasteiger partial charge on any atom is 0.198 e. The monoisotopic (exact) mass is 415 g/mol. The molecule has 0 aliphatic carbocycles. The average Bonchev–Trinajstić information content (AvgIpc) is 3.20. The number of nitrogens with zero attached hydrogens (tertiary/aromatic N) is 3. The highest BCUT2D eigenvalue weighted by atomic mass is 16.5. The van der Waals surface area contributed by atoms with Crippen LogP contribution in [0.5, 0.6) is 11.5 Å². The lowest BCUT2D eigenvalue weighted by atomic mass is 10.1. The third-order valence-electron chi connectivity index (χ3n) is 5.26. The largest absolute Gasteiger partial charge is 0.493 e. The summed E-state index contributed by atoms with van der Waals surface area (Å²) in [5, 5.41) is 6.62. The molecule has 6 heteroatoms. The molecule has 0 bridgehead atoms. The van der Waals surface area contributed by atoms with Gasteiger partial charge in [0, 0.05) is 18.2 Å². The third kappa shape index (κ3) is 3.84. The van der Waals surface area contributed by atoms with Crippen LogP contribution in [0.25, 0.3) is 0 Å². The van der Waals surface area contributed by atoms with Crippen molar-refractivity contribution in [3.8, 4) is 11.5 Å². The number of hydrazone groups is 1. The molecule has 1 atom stereocenters. The molecule has 1 aliphatic rings. The Balaban J connectivity index is 1.91. The molecule has 0 saturated carbocycles. The number of amidine groups is 1. The van der Waals surface area contributed by atoms with Gasteiger partial charge in [-0.05, 0) is 43.3 Å². The molecule has 1 heterocycles. The van der Waals surface area contributed by atoms with E-state index >= 15 is 0 Å². The van der Waals surface area contributed by atoms with E-state index in [1.54, 1.807) is 21.1 Å². The molecule has 4 rings (SSSR count). The first kappa shape index (κ1) is 20.5.